The molecule has 1 aromatic carbocycles. The summed E-state index contributed by atoms with van der Waals surface area (Å²) in [5, 5.41) is -0.389. The second-order valence-corrected chi connectivity index (χ2v) is 8.88. The maximum atomic E-state index is 12.7. The highest BCUT2D eigenvalue weighted by molar-refractivity contribution is 9.10. The summed E-state index contributed by atoms with van der Waals surface area (Å²) < 4.78 is 39.1. The average molecular weight is 452 g/mol. The van der Waals surface area contributed by atoms with Crippen molar-refractivity contribution in [2.45, 2.75) is 43.0 Å². The third-order valence-electron chi connectivity index (χ3n) is 3.57. The second-order valence-electron chi connectivity index (χ2n) is 5.70. The summed E-state index contributed by atoms with van der Waals surface area (Å²) in [6.45, 7) is 3.89. The molecule has 2 aromatic rings. The first-order chi connectivity index (χ1) is 11.6. The van der Waals surface area contributed by atoms with Crippen LogP contribution in [-0.2, 0) is 0 Å². The van der Waals surface area contributed by atoms with Crippen molar-refractivity contribution in [3.63, 3.8) is 0 Å². The lowest BCUT2D eigenvalue weighted by Gasteiger charge is -2.17. The summed E-state index contributed by atoms with van der Waals surface area (Å²) in [5.74, 6) is -0.564. The number of rotatable bonds is 6. The van der Waals surface area contributed by atoms with Crippen molar-refractivity contribution in [2.24, 2.45) is 5.73 Å². The number of primary amides is 1. The summed E-state index contributed by atoms with van der Waals surface area (Å²) in [6, 6.07) is 7.16. The Labute approximate surface area is 161 Å². The van der Waals surface area contributed by atoms with Crippen molar-refractivity contribution in [1.29, 1.82) is 0 Å². The van der Waals surface area contributed by atoms with Gasteiger partial charge in [0.25, 0.3) is 5.91 Å². The fourth-order valence-corrected chi connectivity index (χ4v) is 4.99. The number of alkyl halides is 3. The zero-order valence-corrected chi connectivity index (χ0v) is 16.8. The predicted molar refractivity (Wildman–Crippen MR) is 100 cm³/mol. The van der Waals surface area contributed by atoms with E-state index in [2.05, 4.69) is 15.9 Å². The molecular weight excluding hydrogens is 435 g/mol. The quantitative estimate of drug-likeness (QED) is 0.516. The molecule has 2 rings (SSSR count). The van der Waals surface area contributed by atoms with Crippen LogP contribution in [0.15, 0.2) is 33.6 Å². The van der Waals surface area contributed by atoms with Gasteiger partial charge in [0.05, 0.1) is 4.88 Å². The number of aryl methyl sites for hydroxylation is 2. The van der Waals surface area contributed by atoms with Gasteiger partial charge in [0.2, 0.25) is 0 Å². The van der Waals surface area contributed by atoms with E-state index in [4.69, 9.17) is 5.73 Å². The Balaban J connectivity index is 2.29. The number of hydrogen-bond donors (Lipinski definition) is 1. The summed E-state index contributed by atoms with van der Waals surface area (Å²) in [5.41, 5.74) is 7.32. The van der Waals surface area contributed by atoms with E-state index in [0.717, 1.165) is 36.7 Å². The Kier molecular flexibility index (Phi) is 6.62. The normalized spacial score (nSPS) is 13.0. The lowest BCUT2D eigenvalue weighted by atomic mass is 10.2. The Bertz CT molecular complexity index is 750. The molecule has 0 saturated heterocycles. The molecule has 1 atom stereocenters. The molecule has 0 fully saturated rings. The molecule has 1 unspecified atom stereocenters. The molecule has 0 radical (unpaired) electrons. The van der Waals surface area contributed by atoms with E-state index in [9.17, 15) is 18.0 Å². The van der Waals surface area contributed by atoms with Crippen LogP contribution in [0.3, 0.4) is 0 Å². The molecular formula is C17H17BrF3NOS2. The summed E-state index contributed by atoms with van der Waals surface area (Å²) in [4.78, 5) is 13.3. The molecule has 0 aliphatic carbocycles. The molecule has 2 N–H and O–H groups in total. The van der Waals surface area contributed by atoms with Gasteiger partial charge in [-0.2, -0.15) is 13.2 Å². The second kappa shape index (κ2) is 8.14. The Morgan fingerprint density at radius 1 is 1.28 bits per heavy atom. The Morgan fingerprint density at radius 3 is 2.36 bits per heavy atom. The number of nitrogens with two attached hydrogens (primary N) is 1. The van der Waals surface area contributed by atoms with Crippen LogP contribution in [0.2, 0.25) is 0 Å². The van der Waals surface area contributed by atoms with E-state index < -0.39 is 18.5 Å². The molecule has 8 heteroatoms. The van der Waals surface area contributed by atoms with Gasteiger partial charge in [-0.1, -0.05) is 15.9 Å². The van der Waals surface area contributed by atoms with Crippen LogP contribution in [-0.4, -0.2) is 12.1 Å². The number of thioether (sulfide) groups is 1. The van der Waals surface area contributed by atoms with Gasteiger partial charge >= 0.3 is 6.18 Å². The molecule has 0 aliphatic rings. The number of benzene rings is 1. The van der Waals surface area contributed by atoms with Gasteiger partial charge in [0.1, 0.15) is 0 Å². The number of carbonyl (C=O) groups excluding carboxylic acids is 1. The first-order valence-electron chi connectivity index (χ1n) is 7.46. The molecule has 136 valence electrons. The van der Waals surface area contributed by atoms with E-state index in [1.807, 2.05) is 26.0 Å². The third-order valence-corrected chi connectivity index (χ3v) is 7.46. The van der Waals surface area contributed by atoms with Crippen molar-refractivity contribution >= 4 is 44.9 Å². The van der Waals surface area contributed by atoms with Gasteiger partial charge in [-0.3, -0.25) is 4.79 Å². The fraction of sp³-hybridized carbons (Fsp3) is 0.353. The average Bonchev–Trinajstić information content (AvgIpc) is 2.98. The highest BCUT2D eigenvalue weighted by Gasteiger charge is 2.30. The van der Waals surface area contributed by atoms with Crippen molar-refractivity contribution in [2.75, 3.05) is 0 Å². The van der Waals surface area contributed by atoms with Crippen LogP contribution < -0.4 is 5.73 Å². The first-order valence-corrected chi connectivity index (χ1v) is 9.95. The number of amides is 1. The van der Waals surface area contributed by atoms with Crippen LogP contribution in [0.4, 0.5) is 13.2 Å². The Hall–Kier alpha value is -0.990. The summed E-state index contributed by atoms with van der Waals surface area (Å²) in [7, 11) is 0. The zero-order valence-electron chi connectivity index (χ0n) is 13.6. The molecule has 0 spiro atoms. The lowest BCUT2D eigenvalue weighted by Crippen LogP contribution is -2.09. The van der Waals surface area contributed by atoms with Crippen LogP contribution in [0.5, 0.6) is 0 Å². The standard InChI is InChI=1S/C17H17BrF3NOS2/c1-9-7-11(8-10(2)15(9)18)24-13(5-6-17(19,20)21)12-3-4-14(25-12)16(22)23/h3-4,7-8,13H,5-6H2,1-2H3,(H2,22,23). The SMILES string of the molecule is Cc1cc(SC(CCC(F)(F)F)c2ccc(C(N)=O)s2)cc(C)c1Br. The van der Waals surface area contributed by atoms with Crippen molar-refractivity contribution in [1.82, 2.24) is 0 Å². The molecule has 1 amide bonds. The minimum atomic E-state index is -4.21. The minimum absolute atomic E-state index is 0.0545. The summed E-state index contributed by atoms with van der Waals surface area (Å²) >= 11 is 6.03. The van der Waals surface area contributed by atoms with E-state index in [1.165, 1.54) is 11.8 Å². The third kappa shape index (κ3) is 5.76. The van der Waals surface area contributed by atoms with Gasteiger partial charge in [0, 0.05) is 25.9 Å². The highest BCUT2D eigenvalue weighted by Crippen LogP contribution is 2.44. The summed E-state index contributed by atoms with van der Waals surface area (Å²) in [6.07, 6.45) is -5.14. The Morgan fingerprint density at radius 2 is 1.88 bits per heavy atom. The molecule has 2 nitrogen and oxygen atoms in total. The van der Waals surface area contributed by atoms with Crippen molar-refractivity contribution in [3.8, 4) is 0 Å². The largest absolute Gasteiger partial charge is 0.389 e. The van der Waals surface area contributed by atoms with Crippen molar-refractivity contribution in [3.05, 3.63) is 49.6 Å². The highest BCUT2D eigenvalue weighted by atomic mass is 79.9. The smallest absolute Gasteiger partial charge is 0.365 e. The molecule has 0 saturated carbocycles. The maximum absolute atomic E-state index is 12.7. The van der Waals surface area contributed by atoms with Crippen LogP contribution >= 0.6 is 39.0 Å². The monoisotopic (exact) mass is 451 g/mol. The van der Waals surface area contributed by atoms with Gasteiger partial charge in [0.15, 0.2) is 0 Å². The molecule has 25 heavy (non-hydrogen) atoms. The molecule has 1 aromatic heterocycles. The van der Waals surface area contributed by atoms with Gasteiger partial charge in [-0.05, 0) is 55.7 Å². The predicted octanol–water partition coefficient (Wildman–Crippen LogP) is 6.40. The molecule has 0 aliphatic heterocycles. The van der Waals surface area contributed by atoms with Gasteiger partial charge in [-0.25, -0.2) is 0 Å². The fourth-order valence-electron chi connectivity index (χ4n) is 2.35. The topological polar surface area (TPSA) is 43.1 Å². The van der Waals surface area contributed by atoms with Gasteiger partial charge in [-0.15, -0.1) is 23.1 Å². The number of thiophene rings is 1. The lowest BCUT2D eigenvalue weighted by molar-refractivity contribution is -0.135. The minimum Gasteiger partial charge on any atom is -0.365 e. The van der Waals surface area contributed by atoms with E-state index in [-0.39, 0.29) is 11.7 Å². The van der Waals surface area contributed by atoms with Crippen LogP contribution in [0.25, 0.3) is 0 Å². The van der Waals surface area contributed by atoms with Crippen LogP contribution in [0.1, 0.15) is 43.8 Å². The number of hydrogen-bond acceptors (Lipinski definition) is 3. The van der Waals surface area contributed by atoms with Crippen LogP contribution in [0, 0.1) is 13.8 Å². The zero-order chi connectivity index (χ0) is 18.8. The molecule has 1 heterocycles. The van der Waals surface area contributed by atoms with E-state index in [1.54, 1.807) is 12.1 Å². The molecule has 0 bridgehead atoms. The first kappa shape index (κ1) is 20.3. The number of carbonyl (C=O) groups is 1. The van der Waals surface area contributed by atoms with E-state index >= 15 is 0 Å². The van der Waals surface area contributed by atoms with Gasteiger partial charge < -0.3 is 5.73 Å². The number of halogens is 4. The van der Waals surface area contributed by atoms with Crippen molar-refractivity contribution < 1.29 is 18.0 Å². The van der Waals surface area contributed by atoms with E-state index in [0.29, 0.717) is 4.88 Å². The maximum Gasteiger partial charge on any atom is 0.389 e.